The maximum atomic E-state index is 13.5. The fourth-order valence-electron chi connectivity index (χ4n) is 1.69. The maximum Gasteiger partial charge on any atom is 0.194 e. The Morgan fingerprint density at radius 1 is 1.18 bits per heavy atom. The molecule has 0 heterocycles. The highest BCUT2D eigenvalue weighted by molar-refractivity contribution is 5.24. The monoisotopic (exact) mass is 247 g/mol. The summed E-state index contributed by atoms with van der Waals surface area (Å²) in [4.78, 5) is 0. The van der Waals surface area contributed by atoms with E-state index in [9.17, 15) is 13.2 Å². The van der Waals surface area contributed by atoms with Crippen LogP contribution in [0.2, 0.25) is 0 Å². The minimum absolute atomic E-state index is 0.0656. The smallest absolute Gasteiger partial charge is 0.194 e. The number of rotatable bonds is 5. The molecule has 0 fully saturated rings. The predicted molar refractivity (Wildman–Crippen MR) is 58.9 cm³/mol. The molecule has 0 aliphatic rings. The average Bonchev–Trinajstić information content (AvgIpc) is 2.32. The molecule has 0 saturated carbocycles. The van der Waals surface area contributed by atoms with Gasteiger partial charge >= 0.3 is 0 Å². The van der Waals surface area contributed by atoms with E-state index < -0.39 is 29.6 Å². The summed E-state index contributed by atoms with van der Waals surface area (Å²) >= 11 is 0. The largest absolute Gasteiger partial charge is 0.377 e. The van der Waals surface area contributed by atoms with E-state index in [1.165, 1.54) is 0 Å². The molecule has 2 atom stereocenters. The lowest BCUT2D eigenvalue weighted by Gasteiger charge is -2.23. The first-order chi connectivity index (χ1) is 8.02. The van der Waals surface area contributed by atoms with E-state index >= 15 is 0 Å². The zero-order valence-corrected chi connectivity index (χ0v) is 9.84. The Balaban J connectivity index is 3.03. The van der Waals surface area contributed by atoms with Crippen LogP contribution in [-0.4, -0.2) is 12.7 Å². The Morgan fingerprint density at radius 3 is 2.35 bits per heavy atom. The van der Waals surface area contributed by atoms with Crippen molar-refractivity contribution in [2.75, 3.05) is 6.61 Å². The van der Waals surface area contributed by atoms with Gasteiger partial charge in [-0.2, -0.15) is 0 Å². The van der Waals surface area contributed by atoms with Gasteiger partial charge in [0.15, 0.2) is 17.5 Å². The molecule has 0 bridgehead atoms. The van der Waals surface area contributed by atoms with Crippen LogP contribution < -0.4 is 5.73 Å². The highest BCUT2D eigenvalue weighted by Gasteiger charge is 2.24. The molecule has 0 aliphatic heterocycles. The number of hydrogen-bond donors (Lipinski definition) is 1. The molecular weight excluding hydrogens is 231 g/mol. The molecule has 0 radical (unpaired) electrons. The van der Waals surface area contributed by atoms with E-state index in [2.05, 4.69) is 0 Å². The van der Waals surface area contributed by atoms with Gasteiger partial charge in [-0.25, -0.2) is 13.2 Å². The number of hydrogen-bond acceptors (Lipinski definition) is 2. The summed E-state index contributed by atoms with van der Waals surface area (Å²) in [5.74, 6) is -3.96. The molecule has 0 saturated heterocycles. The van der Waals surface area contributed by atoms with Crippen molar-refractivity contribution in [3.8, 4) is 0 Å². The first-order valence-corrected chi connectivity index (χ1v) is 5.53. The second-order valence-electron chi connectivity index (χ2n) is 3.69. The van der Waals surface area contributed by atoms with Gasteiger partial charge in [-0.3, -0.25) is 0 Å². The Hall–Kier alpha value is -1.07. The molecule has 96 valence electrons. The molecule has 1 rings (SSSR count). The minimum atomic E-state index is -1.50. The first kappa shape index (κ1) is 14.0. The summed E-state index contributed by atoms with van der Waals surface area (Å²) in [7, 11) is 0. The lowest BCUT2D eigenvalue weighted by Crippen LogP contribution is -2.29. The molecule has 0 aliphatic carbocycles. The van der Waals surface area contributed by atoms with Gasteiger partial charge in [-0.1, -0.05) is 13.0 Å². The van der Waals surface area contributed by atoms with E-state index in [4.69, 9.17) is 10.5 Å². The lowest BCUT2D eigenvalue weighted by molar-refractivity contribution is 0.0403. The van der Waals surface area contributed by atoms with E-state index in [0.29, 0.717) is 13.0 Å². The van der Waals surface area contributed by atoms with Crippen LogP contribution in [0.1, 0.15) is 31.9 Å². The first-order valence-electron chi connectivity index (χ1n) is 5.53. The zero-order chi connectivity index (χ0) is 13.0. The van der Waals surface area contributed by atoms with Crippen molar-refractivity contribution >= 4 is 0 Å². The van der Waals surface area contributed by atoms with Crippen LogP contribution >= 0.6 is 0 Å². The Bertz CT molecular complexity index is 384. The third-order valence-corrected chi connectivity index (χ3v) is 2.61. The fraction of sp³-hybridized carbons (Fsp3) is 0.500. The van der Waals surface area contributed by atoms with Crippen LogP contribution in [0.25, 0.3) is 0 Å². The topological polar surface area (TPSA) is 35.2 Å². The second-order valence-corrected chi connectivity index (χ2v) is 3.69. The van der Waals surface area contributed by atoms with E-state index in [1.807, 2.05) is 6.92 Å². The van der Waals surface area contributed by atoms with Gasteiger partial charge in [0.25, 0.3) is 0 Å². The van der Waals surface area contributed by atoms with E-state index in [1.54, 1.807) is 6.92 Å². The molecule has 0 aromatic heterocycles. The highest BCUT2D eigenvalue weighted by Crippen LogP contribution is 2.24. The van der Waals surface area contributed by atoms with Crippen LogP contribution in [0.4, 0.5) is 13.2 Å². The predicted octanol–water partition coefficient (Wildman–Crippen LogP) is 2.92. The number of nitrogens with two attached hydrogens (primary N) is 1. The maximum absolute atomic E-state index is 13.5. The molecule has 1 aromatic rings. The van der Waals surface area contributed by atoms with Gasteiger partial charge in [0, 0.05) is 12.2 Å². The molecule has 0 amide bonds. The van der Waals surface area contributed by atoms with Gasteiger partial charge in [0.2, 0.25) is 0 Å². The third-order valence-electron chi connectivity index (χ3n) is 2.61. The molecule has 2 N–H and O–H groups in total. The van der Waals surface area contributed by atoms with Crippen molar-refractivity contribution in [3.05, 3.63) is 35.1 Å². The summed E-state index contributed by atoms with van der Waals surface area (Å²) in [6.07, 6.45) is 0.146. The number of benzene rings is 1. The van der Waals surface area contributed by atoms with Crippen LogP contribution in [0.3, 0.4) is 0 Å². The molecule has 0 spiro atoms. The molecule has 2 nitrogen and oxygen atoms in total. The summed E-state index contributed by atoms with van der Waals surface area (Å²) in [6.45, 7) is 4.05. The Kier molecular flexibility index (Phi) is 4.96. The van der Waals surface area contributed by atoms with Crippen molar-refractivity contribution in [1.29, 1.82) is 0 Å². The molecule has 1 aromatic carbocycles. The Labute approximate surface area is 98.6 Å². The van der Waals surface area contributed by atoms with Crippen molar-refractivity contribution < 1.29 is 17.9 Å². The van der Waals surface area contributed by atoms with Crippen molar-refractivity contribution in [1.82, 2.24) is 0 Å². The van der Waals surface area contributed by atoms with Crippen LogP contribution in [0.5, 0.6) is 0 Å². The zero-order valence-electron chi connectivity index (χ0n) is 9.84. The van der Waals surface area contributed by atoms with Crippen molar-refractivity contribution in [3.63, 3.8) is 0 Å². The van der Waals surface area contributed by atoms with E-state index in [0.717, 1.165) is 12.1 Å². The second kappa shape index (κ2) is 6.02. The molecule has 2 unspecified atom stereocenters. The highest BCUT2D eigenvalue weighted by atomic mass is 19.2. The summed E-state index contributed by atoms with van der Waals surface area (Å²) in [5.41, 5.74) is 5.74. The van der Waals surface area contributed by atoms with Crippen LogP contribution in [0, 0.1) is 17.5 Å². The van der Waals surface area contributed by atoms with Crippen molar-refractivity contribution in [2.45, 2.75) is 32.4 Å². The molecule has 17 heavy (non-hydrogen) atoms. The molecule has 5 heteroatoms. The Morgan fingerprint density at radius 2 is 1.82 bits per heavy atom. The van der Waals surface area contributed by atoms with Crippen LogP contribution in [-0.2, 0) is 4.74 Å². The average molecular weight is 247 g/mol. The third kappa shape index (κ3) is 2.98. The normalized spacial score (nSPS) is 14.7. The van der Waals surface area contributed by atoms with Crippen molar-refractivity contribution in [2.24, 2.45) is 5.73 Å². The minimum Gasteiger partial charge on any atom is -0.377 e. The quantitative estimate of drug-likeness (QED) is 0.812. The van der Waals surface area contributed by atoms with E-state index in [-0.39, 0.29) is 5.56 Å². The molecular formula is C12H16F3NO. The van der Waals surface area contributed by atoms with Crippen LogP contribution in [0.15, 0.2) is 12.1 Å². The van der Waals surface area contributed by atoms with Gasteiger partial charge < -0.3 is 10.5 Å². The summed E-state index contributed by atoms with van der Waals surface area (Å²) in [6, 6.07) is 1.21. The fourth-order valence-corrected chi connectivity index (χ4v) is 1.69. The van der Waals surface area contributed by atoms with Gasteiger partial charge in [0.05, 0.1) is 12.1 Å². The SMILES string of the molecule is CCOC(CC)C(N)c1ccc(F)c(F)c1F. The van der Waals surface area contributed by atoms with Gasteiger partial charge in [-0.15, -0.1) is 0 Å². The number of ether oxygens (including phenoxy) is 1. The summed E-state index contributed by atoms with van der Waals surface area (Å²) in [5, 5.41) is 0. The lowest BCUT2D eigenvalue weighted by atomic mass is 9.99. The van der Waals surface area contributed by atoms with Gasteiger partial charge in [0.1, 0.15) is 0 Å². The van der Waals surface area contributed by atoms with Gasteiger partial charge in [-0.05, 0) is 19.4 Å². The standard InChI is InChI=1S/C12H16F3NO/c1-3-9(17-4-2)12(16)7-5-6-8(13)11(15)10(7)14/h5-6,9,12H,3-4,16H2,1-2H3. The summed E-state index contributed by atoms with van der Waals surface area (Å²) < 4.78 is 44.6. The number of halogens is 3.